The maximum Gasteiger partial charge on any atom is 0.321 e. The third-order valence-corrected chi connectivity index (χ3v) is 7.05. The number of urea groups is 1. The second-order valence-electron chi connectivity index (χ2n) is 8.21. The van der Waals surface area contributed by atoms with E-state index in [1.807, 2.05) is 52.7 Å². The smallest absolute Gasteiger partial charge is 0.321 e. The molecule has 0 radical (unpaired) electrons. The molecule has 2 aromatic rings. The van der Waals surface area contributed by atoms with Crippen LogP contribution >= 0.6 is 11.3 Å². The average Bonchev–Trinajstić information content (AvgIpc) is 3.34. The molecule has 8 heteroatoms. The predicted molar refractivity (Wildman–Crippen MR) is 127 cm³/mol. The van der Waals surface area contributed by atoms with Crippen LogP contribution in [0.1, 0.15) is 23.6 Å². The molecule has 32 heavy (non-hydrogen) atoms. The molecule has 0 unspecified atom stereocenters. The number of anilines is 1. The first-order valence-electron chi connectivity index (χ1n) is 11.0. The SMILES string of the molecule is O=C1CC(c2cccs2)CC(=O)C1C=NCCN1CCN(C(=O)Nc2ccccc2)CC1. The zero-order chi connectivity index (χ0) is 22.3. The minimum atomic E-state index is -0.690. The summed E-state index contributed by atoms with van der Waals surface area (Å²) in [7, 11) is 0. The molecule has 1 aliphatic heterocycles. The summed E-state index contributed by atoms with van der Waals surface area (Å²) in [5.74, 6) is -0.720. The maximum atomic E-state index is 12.5. The third kappa shape index (κ3) is 5.69. The number of rotatable bonds is 6. The summed E-state index contributed by atoms with van der Waals surface area (Å²) in [6.07, 6.45) is 2.38. The first kappa shape index (κ1) is 22.4. The van der Waals surface area contributed by atoms with Crippen LogP contribution in [0.25, 0.3) is 0 Å². The molecule has 2 amide bonds. The van der Waals surface area contributed by atoms with Crippen LogP contribution in [-0.2, 0) is 9.59 Å². The van der Waals surface area contributed by atoms with Gasteiger partial charge >= 0.3 is 6.03 Å². The van der Waals surface area contributed by atoms with Gasteiger partial charge in [0.1, 0.15) is 17.5 Å². The molecule has 2 fully saturated rings. The topological polar surface area (TPSA) is 82.1 Å². The van der Waals surface area contributed by atoms with Gasteiger partial charge in [0.2, 0.25) is 0 Å². The molecule has 1 saturated carbocycles. The summed E-state index contributed by atoms with van der Waals surface area (Å²) in [6.45, 7) is 4.17. The lowest BCUT2D eigenvalue weighted by Crippen LogP contribution is -2.50. The Morgan fingerprint density at radius 2 is 1.75 bits per heavy atom. The van der Waals surface area contributed by atoms with Crippen molar-refractivity contribution in [2.45, 2.75) is 18.8 Å². The summed E-state index contributed by atoms with van der Waals surface area (Å²) < 4.78 is 0. The number of benzene rings is 1. The summed E-state index contributed by atoms with van der Waals surface area (Å²) in [5, 5.41) is 4.90. The van der Waals surface area contributed by atoms with Gasteiger partial charge in [0.15, 0.2) is 0 Å². The standard InChI is InChI=1S/C24H28N4O3S/c29-21-15-18(23-7-4-14-32-23)16-22(30)20(21)17-25-8-9-27-10-12-28(13-11-27)24(31)26-19-5-2-1-3-6-19/h1-7,14,17-18,20H,8-13,15-16H2,(H,26,31). The Morgan fingerprint density at radius 1 is 1.03 bits per heavy atom. The Morgan fingerprint density at radius 3 is 2.41 bits per heavy atom. The Kier molecular flexibility index (Phi) is 7.44. The summed E-state index contributed by atoms with van der Waals surface area (Å²) in [6, 6.07) is 13.3. The monoisotopic (exact) mass is 452 g/mol. The number of para-hydroxylation sites is 1. The number of thiophene rings is 1. The quantitative estimate of drug-likeness (QED) is 0.539. The van der Waals surface area contributed by atoms with Gasteiger partial charge in [0.05, 0.1) is 6.54 Å². The van der Waals surface area contributed by atoms with E-state index in [2.05, 4.69) is 15.2 Å². The lowest BCUT2D eigenvalue weighted by Gasteiger charge is -2.34. The van der Waals surface area contributed by atoms with Gasteiger partial charge in [-0.3, -0.25) is 19.5 Å². The molecule has 1 aromatic heterocycles. The molecule has 7 nitrogen and oxygen atoms in total. The van der Waals surface area contributed by atoms with Gasteiger partial charge in [0, 0.05) is 68.3 Å². The molecule has 2 aliphatic rings. The molecule has 4 rings (SSSR count). The number of hydrogen-bond acceptors (Lipinski definition) is 6. The molecule has 1 aliphatic carbocycles. The van der Waals surface area contributed by atoms with E-state index in [9.17, 15) is 14.4 Å². The second kappa shape index (κ2) is 10.7. The van der Waals surface area contributed by atoms with Gasteiger partial charge in [-0.25, -0.2) is 4.79 Å². The van der Waals surface area contributed by atoms with Gasteiger partial charge in [-0.15, -0.1) is 11.3 Å². The van der Waals surface area contributed by atoms with Gasteiger partial charge < -0.3 is 10.2 Å². The highest BCUT2D eigenvalue weighted by Gasteiger charge is 2.35. The summed E-state index contributed by atoms with van der Waals surface area (Å²) in [4.78, 5) is 46.9. The van der Waals surface area contributed by atoms with Gasteiger partial charge in [0.25, 0.3) is 0 Å². The zero-order valence-corrected chi connectivity index (χ0v) is 18.8. The Labute approximate surface area is 192 Å². The molecule has 1 saturated heterocycles. The van der Waals surface area contributed by atoms with Crippen LogP contribution in [0.3, 0.4) is 0 Å². The molecule has 0 spiro atoms. The fourth-order valence-corrected chi connectivity index (χ4v) is 4.99. The molecule has 1 N–H and O–H groups in total. The Bertz CT molecular complexity index is 935. The van der Waals surface area contributed by atoms with E-state index in [4.69, 9.17) is 0 Å². The van der Waals surface area contributed by atoms with Crippen molar-refractivity contribution < 1.29 is 14.4 Å². The van der Waals surface area contributed by atoms with Crippen molar-refractivity contribution in [1.29, 1.82) is 0 Å². The number of amides is 2. The number of ketones is 2. The molecule has 1 aromatic carbocycles. The van der Waals surface area contributed by atoms with Crippen LogP contribution in [0, 0.1) is 5.92 Å². The third-order valence-electron chi connectivity index (χ3n) is 6.02. The highest BCUT2D eigenvalue weighted by molar-refractivity contribution is 7.10. The molecule has 168 valence electrons. The molecular weight excluding hydrogens is 424 g/mol. The number of aliphatic imine (C=N–C) groups is 1. The van der Waals surface area contributed by atoms with E-state index in [1.165, 1.54) is 0 Å². The summed E-state index contributed by atoms with van der Waals surface area (Å²) in [5.41, 5.74) is 0.794. The van der Waals surface area contributed by atoms with Gasteiger partial charge in [-0.05, 0) is 23.6 Å². The van der Waals surface area contributed by atoms with Crippen LogP contribution in [0.15, 0.2) is 52.8 Å². The van der Waals surface area contributed by atoms with E-state index >= 15 is 0 Å². The lowest BCUT2D eigenvalue weighted by atomic mass is 9.80. The second-order valence-corrected chi connectivity index (χ2v) is 9.19. The normalized spacial score (nSPS) is 22.4. The van der Waals surface area contributed by atoms with E-state index in [0.29, 0.717) is 32.5 Å². The van der Waals surface area contributed by atoms with Crippen molar-refractivity contribution in [3.05, 3.63) is 52.7 Å². The number of piperazine rings is 1. The first-order valence-corrected chi connectivity index (χ1v) is 11.9. The minimum Gasteiger partial charge on any atom is -0.322 e. The largest absolute Gasteiger partial charge is 0.322 e. The Hall–Kier alpha value is -2.84. The average molecular weight is 453 g/mol. The van der Waals surface area contributed by atoms with Crippen LogP contribution in [0.4, 0.5) is 10.5 Å². The Balaban J connectivity index is 1.17. The fourth-order valence-electron chi connectivity index (χ4n) is 4.16. The molecule has 0 bridgehead atoms. The van der Waals surface area contributed by atoms with Crippen molar-refractivity contribution >= 4 is 40.8 Å². The van der Waals surface area contributed by atoms with Crippen LogP contribution in [0.2, 0.25) is 0 Å². The highest BCUT2D eigenvalue weighted by atomic mass is 32.1. The van der Waals surface area contributed by atoms with E-state index in [0.717, 1.165) is 30.2 Å². The number of nitrogens with zero attached hydrogens (tertiary/aromatic N) is 3. The highest BCUT2D eigenvalue weighted by Crippen LogP contribution is 2.33. The van der Waals surface area contributed by atoms with Crippen molar-refractivity contribution in [2.24, 2.45) is 10.9 Å². The molecule has 0 atom stereocenters. The number of Topliss-reactive ketones (excluding diaryl/α,β-unsaturated/α-hetero) is 2. The lowest BCUT2D eigenvalue weighted by molar-refractivity contribution is -0.132. The van der Waals surface area contributed by atoms with Crippen LogP contribution in [0.5, 0.6) is 0 Å². The number of hydrogen-bond donors (Lipinski definition) is 1. The first-order chi connectivity index (χ1) is 15.6. The maximum absolute atomic E-state index is 12.5. The predicted octanol–water partition coefficient (Wildman–Crippen LogP) is 3.30. The van der Waals surface area contributed by atoms with Crippen molar-refractivity contribution in [1.82, 2.24) is 9.80 Å². The fraction of sp³-hybridized carbons (Fsp3) is 0.417. The molecular formula is C24H28N4O3S. The molecule has 2 heterocycles. The van der Waals surface area contributed by atoms with Gasteiger partial charge in [-0.1, -0.05) is 24.3 Å². The van der Waals surface area contributed by atoms with Crippen molar-refractivity contribution in [3.63, 3.8) is 0 Å². The van der Waals surface area contributed by atoms with E-state index < -0.39 is 5.92 Å². The van der Waals surface area contributed by atoms with E-state index in [-0.39, 0.29) is 23.5 Å². The van der Waals surface area contributed by atoms with Crippen LogP contribution < -0.4 is 5.32 Å². The summed E-state index contributed by atoms with van der Waals surface area (Å²) >= 11 is 1.60. The van der Waals surface area contributed by atoms with Crippen LogP contribution in [-0.4, -0.2) is 72.9 Å². The van der Waals surface area contributed by atoms with Crippen molar-refractivity contribution in [2.75, 3.05) is 44.6 Å². The zero-order valence-electron chi connectivity index (χ0n) is 18.0. The van der Waals surface area contributed by atoms with Crippen molar-refractivity contribution in [3.8, 4) is 0 Å². The van der Waals surface area contributed by atoms with E-state index in [1.54, 1.807) is 17.6 Å². The number of carbonyl (C=O) groups is 3. The minimum absolute atomic E-state index is 0.0232. The number of carbonyl (C=O) groups excluding carboxylic acids is 3. The number of nitrogens with one attached hydrogen (secondary N) is 1. The van der Waals surface area contributed by atoms with Gasteiger partial charge in [-0.2, -0.15) is 0 Å².